The van der Waals surface area contributed by atoms with Crippen molar-refractivity contribution in [3.05, 3.63) is 0 Å². The molecule has 1 saturated heterocycles. The Hall–Kier alpha value is -0.120. The summed E-state index contributed by atoms with van der Waals surface area (Å²) in [6, 6.07) is 1.37. The van der Waals surface area contributed by atoms with E-state index in [9.17, 15) is 0 Å². The van der Waals surface area contributed by atoms with Crippen LogP contribution in [0.2, 0.25) is 0 Å². The summed E-state index contributed by atoms with van der Waals surface area (Å²) < 4.78 is 5.33. The van der Waals surface area contributed by atoms with E-state index in [2.05, 4.69) is 25.8 Å². The zero-order chi connectivity index (χ0) is 9.84. The summed E-state index contributed by atoms with van der Waals surface area (Å²) in [4.78, 5) is 2.40. The zero-order valence-electron chi connectivity index (χ0n) is 8.99. The maximum Gasteiger partial charge on any atom is 0.0480 e. The van der Waals surface area contributed by atoms with Crippen LogP contribution in [0.3, 0.4) is 0 Å². The molecule has 0 bridgehead atoms. The van der Waals surface area contributed by atoms with Crippen molar-refractivity contribution in [3.63, 3.8) is 0 Å². The van der Waals surface area contributed by atoms with Gasteiger partial charge >= 0.3 is 0 Å². The number of rotatable bonds is 3. The summed E-state index contributed by atoms with van der Waals surface area (Å²) in [6.45, 7) is 6.07. The first kappa shape index (κ1) is 11.0. The molecule has 3 nitrogen and oxygen atoms in total. The molecule has 0 aromatic heterocycles. The summed E-state index contributed by atoms with van der Waals surface area (Å²) in [5, 5.41) is 0. The van der Waals surface area contributed by atoms with Gasteiger partial charge in [0, 0.05) is 31.3 Å². The summed E-state index contributed by atoms with van der Waals surface area (Å²) in [5.41, 5.74) is 5.87. The third-order valence-corrected chi connectivity index (χ3v) is 3.17. The van der Waals surface area contributed by atoms with Crippen LogP contribution >= 0.6 is 0 Å². The normalized spacial score (nSPS) is 24.7. The number of nitrogens with zero attached hydrogens (tertiary/aromatic N) is 1. The van der Waals surface area contributed by atoms with Crippen molar-refractivity contribution in [1.82, 2.24) is 4.90 Å². The van der Waals surface area contributed by atoms with Crippen LogP contribution in [0.1, 0.15) is 26.7 Å². The van der Waals surface area contributed by atoms with Gasteiger partial charge in [-0.15, -0.1) is 0 Å². The molecule has 0 aliphatic carbocycles. The summed E-state index contributed by atoms with van der Waals surface area (Å²) in [6.07, 6.45) is 2.29. The van der Waals surface area contributed by atoms with E-state index in [1.807, 2.05) is 0 Å². The summed E-state index contributed by atoms with van der Waals surface area (Å²) in [7, 11) is 2.17. The predicted molar refractivity (Wildman–Crippen MR) is 54.7 cm³/mol. The highest BCUT2D eigenvalue weighted by Crippen LogP contribution is 2.15. The van der Waals surface area contributed by atoms with Gasteiger partial charge < -0.3 is 10.5 Å². The Kier molecular flexibility index (Phi) is 4.16. The minimum absolute atomic E-state index is 0.243. The number of ether oxygens (including phenoxy) is 1. The number of hydrogen-bond acceptors (Lipinski definition) is 3. The molecule has 1 heterocycles. The Morgan fingerprint density at radius 2 is 1.85 bits per heavy atom. The molecule has 78 valence electrons. The van der Waals surface area contributed by atoms with Gasteiger partial charge in [-0.25, -0.2) is 0 Å². The van der Waals surface area contributed by atoms with Gasteiger partial charge in [-0.1, -0.05) is 0 Å². The molecule has 3 heteroatoms. The topological polar surface area (TPSA) is 38.5 Å². The van der Waals surface area contributed by atoms with E-state index in [1.165, 1.54) is 0 Å². The van der Waals surface area contributed by atoms with Crippen LogP contribution < -0.4 is 5.73 Å². The molecule has 2 atom stereocenters. The molecule has 0 saturated carbocycles. The van der Waals surface area contributed by atoms with Crippen molar-refractivity contribution in [2.24, 2.45) is 5.73 Å². The fourth-order valence-electron chi connectivity index (χ4n) is 1.80. The molecule has 13 heavy (non-hydrogen) atoms. The van der Waals surface area contributed by atoms with Crippen molar-refractivity contribution in [2.75, 3.05) is 20.3 Å². The molecule has 1 rings (SSSR count). The Morgan fingerprint density at radius 3 is 2.31 bits per heavy atom. The maximum absolute atomic E-state index is 5.87. The highest BCUT2D eigenvalue weighted by Gasteiger charge is 2.23. The summed E-state index contributed by atoms with van der Waals surface area (Å²) in [5.74, 6) is 0. The first-order valence-corrected chi connectivity index (χ1v) is 5.18. The molecule has 1 fully saturated rings. The zero-order valence-corrected chi connectivity index (χ0v) is 8.99. The summed E-state index contributed by atoms with van der Waals surface area (Å²) >= 11 is 0. The van der Waals surface area contributed by atoms with Gasteiger partial charge in [-0.2, -0.15) is 0 Å². The lowest BCUT2D eigenvalue weighted by molar-refractivity contribution is 0.0281. The smallest absolute Gasteiger partial charge is 0.0480 e. The molecule has 2 unspecified atom stereocenters. The molecule has 0 spiro atoms. The molecular formula is C10H22N2O. The molecule has 0 radical (unpaired) electrons. The average Bonchev–Trinajstić information content (AvgIpc) is 2.17. The highest BCUT2D eigenvalue weighted by atomic mass is 16.5. The van der Waals surface area contributed by atoms with E-state index in [-0.39, 0.29) is 6.04 Å². The van der Waals surface area contributed by atoms with E-state index in [0.29, 0.717) is 12.1 Å². The first-order valence-electron chi connectivity index (χ1n) is 5.18. The monoisotopic (exact) mass is 186 g/mol. The Balaban J connectivity index is 2.40. The third kappa shape index (κ3) is 2.93. The minimum atomic E-state index is 0.243. The predicted octanol–water partition coefficient (Wildman–Crippen LogP) is 0.833. The van der Waals surface area contributed by atoms with Crippen LogP contribution in [0.15, 0.2) is 0 Å². The average molecular weight is 186 g/mol. The minimum Gasteiger partial charge on any atom is -0.381 e. The quantitative estimate of drug-likeness (QED) is 0.709. The van der Waals surface area contributed by atoms with Crippen molar-refractivity contribution >= 4 is 0 Å². The van der Waals surface area contributed by atoms with Crippen molar-refractivity contribution in [3.8, 4) is 0 Å². The standard InChI is InChI=1S/C10H22N2O/c1-8(11)9(2)12(3)10-4-6-13-7-5-10/h8-10H,4-7,11H2,1-3H3. The molecule has 2 N–H and O–H groups in total. The van der Waals surface area contributed by atoms with Crippen LogP contribution in [0.5, 0.6) is 0 Å². The van der Waals surface area contributed by atoms with E-state index in [1.54, 1.807) is 0 Å². The first-order chi connectivity index (χ1) is 6.13. The largest absolute Gasteiger partial charge is 0.381 e. The van der Waals surface area contributed by atoms with Crippen LogP contribution in [0, 0.1) is 0 Å². The number of likely N-dealkylation sites (N-methyl/N-ethyl adjacent to an activating group) is 1. The van der Waals surface area contributed by atoms with Gasteiger partial charge in [-0.3, -0.25) is 4.90 Å². The lowest BCUT2D eigenvalue weighted by Crippen LogP contribution is -2.48. The Labute approximate surface area is 81.2 Å². The number of hydrogen-bond donors (Lipinski definition) is 1. The van der Waals surface area contributed by atoms with Crippen molar-refractivity contribution in [2.45, 2.75) is 44.8 Å². The van der Waals surface area contributed by atoms with E-state index < -0.39 is 0 Å². The fraction of sp³-hybridized carbons (Fsp3) is 1.00. The molecule has 0 amide bonds. The van der Waals surface area contributed by atoms with E-state index in [0.717, 1.165) is 26.1 Å². The van der Waals surface area contributed by atoms with Gasteiger partial charge in [0.2, 0.25) is 0 Å². The Bertz CT molecular complexity index is 144. The van der Waals surface area contributed by atoms with Crippen LogP contribution in [0.25, 0.3) is 0 Å². The SMILES string of the molecule is CC(N)C(C)N(C)C1CCOCC1. The second-order valence-corrected chi connectivity index (χ2v) is 4.11. The van der Waals surface area contributed by atoms with Gasteiger partial charge in [0.05, 0.1) is 0 Å². The van der Waals surface area contributed by atoms with E-state index in [4.69, 9.17) is 10.5 Å². The number of nitrogens with two attached hydrogens (primary N) is 1. The van der Waals surface area contributed by atoms with Gasteiger partial charge in [0.1, 0.15) is 0 Å². The maximum atomic E-state index is 5.87. The Morgan fingerprint density at radius 1 is 1.31 bits per heavy atom. The lowest BCUT2D eigenvalue weighted by atomic mass is 10.0. The van der Waals surface area contributed by atoms with Crippen LogP contribution in [-0.2, 0) is 4.74 Å². The van der Waals surface area contributed by atoms with Gasteiger partial charge in [0.15, 0.2) is 0 Å². The van der Waals surface area contributed by atoms with Crippen molar-refractivity contribution in [1.29, 1.82) is 0 Å². The lowest BCUT2D eigenvalue weighted by Gasteiger charge is -2.37. The van der Waals surface area contributed by atoms with Crippen molar-refractivity contribution < 1.29 is 4.74 Å². The highest BCUT2D eigenvalue weighted by molar-refractivity contribution is 4.80. The van der Waals surface area contributed by atoms with Crippen LogP contribution in [-0.4, -0.2) is 43.3 Å². The molecule has 0 aromatic carbocycles. The second kappa shape index (κ2) is 4.94. The molecule has 0 aromatic rings. The van der Waals surface area contributed by atoms with Gasteiger partial charge in [-0.05, 0) is 33.7 Å². The molecular weight excluding hydrogens is 164 g/mol. The van der Waals surface area contributed by atoms with Gasteiger partial charge in [0.25, 0.3) is 0 Å². The molecule has 1 aliphatic heterocycles. The van der Waals surface area contributed by atoms with Crippen LogP contribution in [0.4, 0.5) is 0 Å². The van der Waals surface area contributed by atoms with E-state index >= 15 is 0 Å². The second-order valence-electron chi connectivity index (χ2n) is 4.11. The molecule has 1 aliphatic rings. The third-order valence-electron chi connectivity index (χ3n) is 3.17. The fourth-order valence-corrected chi connectivity index (χ4v) is 1.80.